The normalized spacial score (nSPS) is 9.85. The number of hydrogen-bond acceptors (Lipinski definition) is 4. The maximum atomic E-state index is 13.7. The van der Waals surface area contributed by atoms with E-state index in [2.05, 4.69) is 10.3 Å². The van der Waals surface area contributed by atoms with E-state index < -0.39 is 5.82 Å². The number of hydrogen-bond donors (Lipinski definition) is 1. The Kier molecular flexibility index (Phi) is 4.51. The Morgan fingerprint density at radius 2 is 2.25 bits per heavy atom. The third-order valence-electron chi connectivity index (χ3n) is 2.71. The lowest BCUT2D eigenvalue weighted by atomic mass is 10.2. The number of ether oxygens (including phenoxy) is 1. The first-order valence-corrected chi connectivity index (χ1v) is 6.24. The minimum atomic E-state index is -0.413. The zero-order valence-corrected chi connectivity index (χ0v) is 11.1. The van der Waals surface area contributed by atoms with E-state index >= 15 is 0 Å². The van der Waals surface area contributed by atoms with E-state index in [1.165, 1.54) is 6.07 Å². The molecule has 1 aromatic heterocycles. The van der Waals surface area contributed by atoms with E-state index in [4.69, 9.17) is 10.00 Å². The van der Waals surface area contributed by atoms with Crippen LogP contribution in [0.1, 0.15) is 18.2 Å². The number of aromatic nitrogens is 1. The van der Waals surface area contributed by atoms with Crippen LogP contribution in [0, 0.1) is 17.1 Å². The fourth-order valence-corrected chi connectivity index (χ4v) is 1.76. The maximum absolute atomic E-state index is 13.7. The average molecular weight is 271 g/mol. The van der Waals surface area contributed by atoms with Crippen molar-refractivity contribution >= 4 is 5.69 Å². The lowest BCUT2D eigenvalue weighted by Gasteiger charge is -2.09. The highest BCUT2D eigenvalue weighted by atomic mass is 19.1. The van der Waals surface area contributed by atoms with Crippen molar-refractivity contribution in [3.63, 3.8) is 0 Å². The van der Waals surface area contributed by atoms with Crippen LogP contribution < -0.4 is 10.1 Å². The Labute approximate surface area is 116 Å². The smallest absolute Gasteiger partial charge is 0.167 e. The van der Waals surface area contributed by atoms with Crippen LogP contribution in [0.4, 0.5) is 10.1 Å². The first-order chi connectivity index (χ1) is 9.74. The standard InChI is InChI=1S/C15H14FN3O/c1-2-20-15-6-5-12(8-13(15)16)19-10-11-4-3-7-18-14(11)9-17/h3-8,19H,2,10H2,1H3. The van der Waals surface area contributed by atoms with Gasteiger partial charge in [-0.15, -0.1) is 0 Å². The second-order valence-corrected chi connectivity index (χ2v) is 4.05. The number of halogens is 1. The van der Waals surface area contributed by atoms with Gasteiger partial charge in [-0.3, -0.25) is 0 Å². The van der Waals surface area contributed by atoms with E-state index in [9.17, 15) is 4.39 Å². The predicted molar refractivity (Wildman–Crippen MR) is 73.8 cm³/mol. The minimum Gasteiger partial charge on any atom is -0.491 e. The van der Waals surface area contributed by atoms with Gasteiger partial charge in [0, 0.05) is 30.1 Å². The lowest BCUT2D eigenvalue weighted by Crippen LogP contribution is -2.03. The van der Waals surface area contributed by atoms with Crippen LogP contribution >= 0.6 is 0 Å². The van der Waals surface area contributed by atoms with Crippen molar-refractivity contribution in [3.8, 4) is 11.8 Å². The third kappa shape index (κ3) is 3.23. The SMILES string of the molecule is CCOc1ccc(NCc2cccnc2C#N)cc1F. The number of anilines is 1. The second kappa shape index (κ2) is 6.53. The van der Waals surface area contributed by atoms with E-state index in [1.54, 1.807) is 31.3 Å². The summed E-state index contributed by atoms with van der Waals surface area (Å²) in [6.07, 6.45) is 1.57. The Bertz CT molecular complexity index is 637. The molecule has 2 aromatic rings. The van der Waals surface area contributed by atoms with Crippen LogP contribution in [0.15, 0.2) is 36.5 Å². The summed E-state index contributed by atoms with van der Waals surface area (Å²) in [7, 11) is 0. The van der Waals surface area contributed by atoms with Gasteiger partial charge in [0.15, 0.2) is 11.6 Å². The quantitative estimate of drug-likeness (QED) is 0.907. The number of benzene rings is 1. The predicted octanol–water partition coefficient (Wildman–Crippen LogP) is 3.10. The fraction of sp³-hybridized carbons (Fsp3) is 0.200. The third-order valence-corrected chi connectivity index (χ3v) is 2.71. The molecular formula is C15H14FN3O. The van der Waals surface area contributed by atoms with Gasteiger partial charge in [-0.2, -0.15) is 5.26 Å². The highest BCUT2D eigenvalue weighted by Gasteiger charge is 2.05. The summed E-state index contributed by atoms with van der Waals surface area (Å²) < 4.78 is 18.8. The van der Waals surface area contributed by atoms with E-state index in [-0.39, 0.29) is 5.75 Å². The molecule has 0 unspecified atom stereocenters. The van der Waals surface area contributed by atoms with Gasteiger partial charge >= 0.3 is 0 Å². The summed E-state index contributed by atoms with van der Waals surface area (Å²) in [5, 5.41) is 12.0. The molecular weight excluding hydrogens is 257 g/mol. The summed E-state index contributed by atoms with van der Waals surface area (Å²) in [5.41, 5.74) is 1.76. The monoisotopic (exact) mass is 271 g/mol. The molecule has 0 saturated carbocycles. The van der Waals surface area contributed by atoms with Crippen molar-refractivity contribution in [1.82, 2.24) is 4.98 Å². The highest BCUT2D eigenvalue weighted by molar-refractivity contribution is 5.48. The summed E-state index contributed by atoms with van der Waals surface area (Å²) in [6.45, 7) is 2.63. The molecule has 1 N–H and O–H groups in total. The molecule has 0 radical (unpaired) electrons. The second-order valence-electron chi connectivity index (χ2n) is 4.05. The summed E-state index contributed by atoms with van der Waals surface area (Å²) >= 11 is 0. The zero-order chi connectivity index (χ0) is 14.4. The molecule has 1 aromatic carbocycles. The first-order valence-electron chi connectivity index (χ1n) is 6.24. The van der Waals surface area contributed by atoms with Crippen LogP contribution in [-0.2, 0) is 6.54 Å². The van der Waals surface area contributed by atoms with Gasteiger partial charge < -0.3 is 10.1 Å². The average Bonchev–Trinajstić information content (AvgIpc) is 2.48. The highest BCUT2D eigenvalue weighted by Crippen LogP contribution is 2.21. The Morgan fingerprint density at radius 1 is 1.40 bits per heavy atom. The van der Waals surface area contributed by atoms with Crippen LogP contribution in [0.2, 0.25) is 0 Å². The van der Waals surface area contributed by atoms with Gasteiger partial charge in [-0.05, 0) is 25.1 Å². The number of rotatable bonds is 5. The number of pyridine rings is 1. The van der Waals surface area contributed by atoms with E-state index in [0.717, 1.165) is 5.56 Å². The Balaban J connectivity index is 2.08. The molecule has 0 saturated heterocycles. The van der Waals surface area contributed by atoms with E-state index in [0.29, 0.717) is 24.5 Å². The molecule has 0 atom stereocenters. The maximum Gasteiger partial charge on any atom is 0.167 e. The van der Waals surface area contributed by atoms with Gasteiger partial charge in [-0.25, -0.2) is 9.37 Å². The van der Waals surface area contributed by atoms with Crippen LogP contribution in [-0.4, -0.2) is 11.6 Å². The Morgan fingerprint density at radius 3 is 2.95 bits per heavy atom. The van der Waals surface area contributed by atoms with Crippen molar-refractivity contribution in [1.29, 1.82) is 5.26 Å². The van der Waals surface area contributed by atoms with Crippen molar-refractivity contribution in [2.75, 3.05) is 11.9 Å². The fourth-order valence-electron chi connectivity index (χ4n) is 1.76. The molecule has 0 spiro atoms. The number of nitriles is 1. The molecule has 20 heavy (non-hydrogen) atoms. The summed E-state index contributed by atoms with van der Waals surface area (Å²) in [5.74, 6) is -0.180. The largest absolute Gasteiger partial charge is 0.491 e. The molecule has 102 valence electrons. The molecule has 0 amide bonds. The zero-order valence-electron chi connectivity index (χ0n) is 11.1. The topological polar surface area (TPSA) is 57.9 Å². The number of nitrogens with zero attached hydrogens (tertiary/aromatic N) is 2. The minimum absolute atomic E-state index is 0.233. The molecule has 0 aliphatic heterocycles. The van der Waals surface area contributed by atoms with Gasteiger partial charge in [-0.1, -0.05) is 6.07 Å². The van der Waals surface area contributed by atoms with Crippen LogP contribution in [0.25, 0.3) is 0 Å². The molecule has 0 aliphatic rings. The Hall–Kier alpha value is -2.61. The van der Waals surface area contributed by atoms with Crippen LogP contribution in [0.3, 0.4) is 0 Å². The lowest BCUT2D eigenvalue weighted by molar-refractivity contribution is 0.321. The molecule has 1 heterocycles. The molecule has 2 rings (SSSR count). The van der Waals surface area contributed by atoms with Crippen LogP contribution in [0.5, 0.6) is 5.75 Å². The van der Waals surface area contributed by atoms with Gasteiger partial charge in [0.25, 0.3) is 0 Å². The van der Waals surface area contributed by atoms with Crippen molar-refractivity contribution in [3.05, 3.63) is 53.6 Å². The van der Waals surface area contributed by atoms with Crippen molar-refractivity contribution in [2.24, 2.45) is 0 Å². The summed E-state index contributed by atoms with van der Waals surface area (Å²) in [6, 6.07) is 10.3. The molecule has 0 bridgehead atoms. The van der Waals surface area contributed by atoms with Gasteiger partial charge in [0.05, 0.1) is 6.61 Å². The molecule has 0 aliphatic carbocycles. The molecule has 4 nitrogen and oxygen atoms in total. The molecule has 5 heteroatoms. The molecule has 0 fully saturated rings. The number of nitrogens with one attached hydrogen (secondary N) is 1. The van der Waals surface area contributed by atoms with Crippen molar-refractivity contribution < 1.29 is 9.13 Å². The van der Waals surface area contributed by atoms with Crippen molar-refractivity contribution in [2.45, 2.75) is 13.5 Å². The van der Waals surface area contributed by atoms with Gasteiger partial charge in [0.1, 0.15) is 11.8 Å². The van der Waals surface area contributed by atoms with Gasteiger partial charge in [0.2, 0.25) is 0 Å². The van der Waals surface area contributed by atoms with E-state index in [1.807, 2.05) is 12.1 Å². The first kappa shape index (κ1) is 13.8. The summed E-state index contributed by atoms with van der Waals surface area (Å²) in [4.78, 5) is 3.97.